The number of carbonyl (C=O) groups excluding carboxylic acids is 1. The van der Waals surface area contributed by atoms with Gasteiger partial charge in [-0.1, -0.05) is 42.5 Å². The summed E-state index contributed by atoms with van der Waals surface area (Å²) in [6.07, 6.45) is 4.38. The van der Waals surface area contributed by atoms with Crippen LogP contribution in [-0.4, -0.2) is 49.0 Å². The molecule has 0 spiro atoms. The Hall–Kier alpha value is -2.33. The van der Waals surface area contributed by atoms with Gasteiger partial charge in [0.1, 0.15) is 5.75 Å². The van der Waals surface area contributed by atoms with Crippen LogP contribution < -0.4 is 4.74 Å². The van der Waals surface area contributed by atoms with E-state index in [0.29, 0.717) is 12.5 Å². The summed E-state index contributed by atoms with van der Waals surface area (Å²) >= 11 is 0. The van der Waals surface area contributed by atoms with Crippen molar-refractivity contribution in [1.29, 1.82) is 0 Å². The Balaban J connectivity index is 1.34. The lowest BCUT2D eigenvalue weighted by Crippen LogP contribution is -2.43. The minimum Gasteiger partial charge on any atom is -0.497 e. The van der Waals surface area contributed by atoms with Gasteiger partial charge in [-0.2, -0.15) is 0 Å². The summed E-state index contributed by atoms with van der Waals surface area (Å²) < 4.78 is 5.37. The topological polar surface area (TPSA) is 32.8 Å². The molecule has 4 heteroatoms. The van der Waals surface area contributed by atoms with E-state index in [1.807, 2.05) is 12.1 Å². The molecule has 0 N–H and O–H groups in total. The molecule has 2 heterocycles. The summed E-state index contributed by atoms with van der Waals surface area (Å²) in [6.45, 7) is 3.41. The average molecular weight is 379 g/mol. The summed E-state index contributed by atoms with van der Waals surface area (Å²) in [5.74, 6) is 1.76. The maximum absolute atomic E-state index is 13.1. The van der Waals surface area contributed by atoms with Crippen molar-refractivity contribution in [1.82, 2.24) is 9.80 Å². The number of carbonyl (C=O) groups is 1. The predicted molar refractivity (Wildman–Crippen MR) is 112 cm³/mol. The molecule has 28 heavy (non-hydrogen) atoms. The Bertz CT molecular complexity index is 784. The zero-order chi connectivity index (χ0) is 19.3. The SMILES string of the molecule is COc1cccc([C@@H]2CCCN2C(=O)CN2CCC(c3ccccc3)CC2)c1. The first-order chi connectivity index (χ1) is 13.7. The minimum absolute atomic E-state index is 0.185. The number of piperidine rings is 1. The van der Waals surface area contributed by atoms with E-state index in [9.17, 15) is 4.79 Å². The van der Waals surface area contributed by atoms with Crippen LogP contribution in [0.2, 0.25) is 0 Å². The second-order valence-corrected chi connectivity index (χ2v) is 7.98. The third-order valence-corrected chi connectivity index (χ3v) is 6.27. The van der Waals surface area contributed by atoms with Gasteiger partial charge in [-0.25, -0.2) is 0 Å². The molecule has 2 aromatic rings. The molecule has 0 radical (unpaired) electrons. The maximum atomic E-state index is 13.1. The Labute approximate surface area is 168 Å². The number of amides is 1. The lowest BCUT2D eigenvalue weighted by molar-refractivity contribution is -0.133. The van der Waals surface area contributed by atoms with Gasteiger partial charge in [-0.05, 0) is 68.0 Å². The second-order valence-electron chi connectivity index (χ2n) is 7.98. The van der Waals surface area contributed by atoms with Crippen LogP contribution in [0.3, 0.4) is 0 Å². The van der Waals surface area contributed by atoms with Crippen molar-refractivity contribution in [2.75, 3.05) is 33.3 Å². The summed E-state index contributed by atoms with van der Waals surface area (Å²) in [6, 6.07) is 19.1. The molecule has 2 aromatic carbocycles. The Morgan fingerprint density at radius 3 is 2.46 bits per heavy atom. The quantitative estimate of drug-likeness (QED) is 0.780. The Morgan fingerprint density at radius 2 is 1.71 bits per heavy atom. The van der Waals surface area contributed by atoms with Crippen molar-refractivity contribution in [3.8, 4) is 5.75 Å². The van der Waals surface area contributed by atoms with Gasteiger partial charge in [0.15, 0.2) is 0 Å². The summed E-state index contributed by atoms with van der Waals surface area (Å²) in [5.41, 5.74) is 2.62. The third kappa shape index (κ3) is 4.22. The van der Waals surface area contributed by atoms with Crippen LogP contribution in [0.25, 0.3) is 0 Å². The Morgan fingerprint density at radius 1 is 0.964 bits per heavy atom. The fourth-order valence-corrected chi connectivity index (χ4v) is 4.69. The number of hydrogen-bond acceptors (Lipinski definition) is 3. The number of hydrogen-bond donors (Lipinski definition) is 0. The van der Waals surface area contributed by atoms with Crippen LogP contribution in [0, 0.1) is 0 Å². The molecule has 2 saturated heterocycles. The highest BCUT2D eigenvalue weighted by Gasteiger charge is 2.31. The molecule has 0 aliphatic carbocycles. The molecular formula is C24H30N2O2. The van der Waals surface area contributed by atoms with Gasteiger partial charge in [0.05, 0.1) is 19.7 Å². The fourth-order valence-electron chi connectivity index (χ4n) is 4.69. The van der Waals surface area contributed by atoms with Gasteiger partial charge in [0.25, 0.3) is 0 Å². The van der Waals surface area contributed by atoms with Gasteiger partial charge in [0, 0.05) is 6.54 Å². The predicted octanol–water partition coefficient (Wildman–Crippen LogP) is 4.24. The molecule has 2 aliphatic rings. The first-order valence-electron chi connectivity index (χ1n) is 10.5. The average Bonchev–Trinajstić information content (AvgIpc) is 3.25. The van der Waals surface area contributed by atoms with Gasteiger partial charge in [-0.3, -0.25) is 9.69 Å². The van der Waals surface area contributed by atoms with E-state index >= 15 is 0 Å². The normalized spacial score (nSPS) is 21.0. The van der Waals surface area contributed by atoms with E-state index < -0.39 is 0 Å². The van der Waals surface area contributed by atoms with Gasteiger partial charge < -0.3 is 9.64 Å². The summed E-state index contributed by atoms with van der Waals surface area (Å²) in [4.78, 5) is 17.5. The monoisotopic (exact) mass is 378 g/mol. The molecule has 4 rings (SSSR count). The molecule has 4 nitrogen and oxygen atoms in total. The standard InChI is InChI=1S/C24H30N2O2/c1-28-22-10-5-9-21(17-22)23-11-6-14-26(23)24(27)18-25-15-12-20(13-16-25)19-7-3-2-4-8-19/h2-5,7-10,17,20,23H,6,11-16,18H2,1H3/t23-/m0/s1. The van der Waals surface area contributed by atoms with Crippen LogP contribution >= 0.6 is 0 Å². The molecule has 0 saturated carbocycles. The molecule has 0 bridgehead atoms. The number of rotatable bonds is 5. The number of nitrogens with zero attached hydrogens (tertiary/aromatic N) is 2. The highest BCUT2D eigenvalue weighted by molar-refractivity contribution is 5.79. The zero-order valence-electron chi connectivity index (χ0n) is 16.7. The van der Waals surface area contributed by atoms with E-state index in [1.54, 1.807) is 7.11 Å². The van der Waals surface area contributed by atoms with E-state index in [2.05, 4.69) is 52.3 Å². The second kappa shape index (κ2) is 8.78. The minimum atomic E-state index is 0.185. The zero-order valence-corrected chi connectivity index (χ0v) is 16.7. The van der Waals surface area contributed by atoms with Crippen molar-refractivity contribution >= 4 is 5.91 Å². The highest BCUT2D eigenvalue weighted by atomic mass is 16.5. The largest absolute Gasteiger partial charge is 0.497 e. The number of methoxy groups -OCH3 is 1. The number of benzene rings is 2. The van der Waals surface area contributed by atoms with E-state index in [0.717, 1.165) is 51.1 Å². The maximum Gasteiger partial charge on any atom is 0.237 e. The molecule has 2 fully saturated rings. The van der Waals surface area contributed by atoms with Gasteiger partial charge in [0.2, 0.25) is 5.91 Å². The van der Waals surface area contributed by atoms with Crippen LogP contribution in [0.1, 0.15) is 48.8 Å². The lowest BCUT2D eigenvalue weighted by atomic mass is 9.89. The molecule has 0 unspecified atom stereocenters. The van der Waals surface area contributed by atoms with E-state index in [1.165, 1.54) is 11.1 Å². The number of ether oxygens (including phenoxy) is 1. The van der Waals surface area contributed by atoms with E-state index in [4.69, 9.17) is 4.74 Å². The van der Waals surface area contributed by atoms with E-state index in [-0.39, 0.29) is 11.9 Å². The van der Waals surface area contributed by atoms with Gasteiger partial charge >= 0.3 is 0 Å². The third-order valence-electron chi connectivity index (χ3n) is 6.27. The van der Waals surface area contributed by atoms with Crippen LogP contribution in [-0.2, 0) is 4.79 Å². The first kappa shape index (κ1) is 19.0. The van der Waals surface area contributed by atoms with Crippen molar-refractivity contribution in [2.45, 2.75) is 37.6 Å². The van der Waals surface area contributed by atoms with Crippen molar-refractivity contribution in [3.05, 3.63) is 65.7 Å². The summed E-state index contributed by atoms with van der Waals surface area (Å²) in [7, 11) is 1.69. The first-order valence-corrected chi connectivity index (χ1v) is 10.5. The Kier molecular flexibility index (Phi) is 5.96. The lowest BCUT2D eigenvalue weighted by Gasteiger charge is -2.34. The van der Waals surface area contributed by atoms with Crippen LogP contribution in [0.15, 0.2) is 54.6 Å². The van der Waals surface area contributed by atoms with Crippen LogP contribution in [0.4, 0.5) is 0 Å². The fraction of sp³-hybridized carbons (Fsp3) is 0.458. The molecule has 0 aromatic heterocycles. The smallest absolute Gasteiger partial charge is 0.237 e. The van der Waals surface area contributed by atoms with Crippen molar-refractivity contribution < 1.29 is 9.53 Å². The molecule has 1 atom stereocenters. The van der Waals surface area contributed by atoms with Crippen LogP contribution in [0.5, 0.6) is 5.75 Å². The van der Waals surface area contributed by atoms with Crippen molar-refractivity contribution in [3.63, 3.8) is 0 Å². The highest BCUT2D eigenvalue weighted by Crippen LogP contribution is 2.34. The molecule has 1 amide bonds. The van der Waals surface area contributed by atoms with Crippen molar-refractivity contribution in [2.24, 2.45) is 0 Å². The molecule has 2 aliphatic heterocycles. The van der Waals surface area contributed by atoms with Gasteiger partial charge in [-0.15, -0.1) is 0 Å². The molecular weight excluding hydrogens is 348 g/mol. The number of likely N-dealkylation sites (tertiary alicyclic amines) is 2. The summed E-state index contributed by atoms with van der Waals surface area (Å²) in [5, 5.41) is 0. The molecule has 148 valence electrons.